The van der Waals surface area contributed by atoms with E-state index in [0.717, 1.165) is 0 Å². The number of nitrogens with zero attached hydrogens (tertiary/aromatic N) is 1. The molecule has 0 fully saturated rings. The summed E-state index contributed by atoms with van der Waals surface area (Å²) in [6, 6.07) is 1.28. The SMILES string of the molecule is COCCOCC(COC)N(C(C)C)C(C)C. The average molecular weight is 247 g/mol. The standard InChI is InChI=1S/C13H29NO3/c1-11(2)14(12(3)4)13(9-16-6)10-17-8-7-15-5/h11-13H,7-10H2,1-6H3. The molecule has 0 aliphatic heterocycles. The molecule has 0 aliphatic carbocycles. The van der Waals surface area contributed by atoms with Gasteiger partial charge in [-0.3, -0.25) is 4.90 Å². The minimum Gasteiger partial charge on any atom is -0.383 e. The van der Waals surface area contributed by atoms with Crippen LogP contribution in [0.3, 0.4) is 0 Å². The van der Waals surface area contributed by atoms with Gasteiger partial charge in [0.15, 0.2) is 0 Å². The molecule has 0 rings (SSSR count). The molecular weight excluding hydrogens is 218 g/mol. The second kappa shape index (κ2) is 9.83. The molecule has 1 unspecified atom stereocenters. The van der Waals surface area contributed by atoms with E-state index >= 15 is 0 Å². The fraction of sp³-hybridized carbons (Fsp3) is 1.00. The van der Waals surface area contributed by atoms with Crippen molar-refractivity contribution in [3.8, 4) is 0 Å². The molecule has 0 aliphatic rings. The number of rotatable bonds is 10. The van der Waals surface area contributed by atoms with Crippen molar-refractivity contribution in [1.82, 2.24) is 4.90 Å². The molecule has 0 aromatic heterocycles. The van der Waals surface area contributed by atoms with Crippen LogP contribution in [0.4, 0.5) is 0 Å². The van der Waals surface area contributed by atoms with Crippen molar-refractivity contribution in [2.45, 2.75) is 45.8 Å². The van der Waals surface area contributed by atoms with Crippen molar-refractivity contribution in [2.24, 2.45) is 0 Å². The molecule has 0 bridgehead atoms. The summed E-state index contributed by atoms with van der Waals surface area (Å²) in [4.78, 5) is 2.43. The molecule has 0 heterocycles. The first-order valence-electron chi connectivity index (χ1n) is 6.37. The van der Waals surface area contributed by atoms with Crippen molar-refractivity contribution in [2.75, 3.05) is 40.6 Å². The van der Waals surface area contributed by atoms with E-state index in [1.54, 1.807) is 14.2 Å². The highest BCUT2D eigenvalue weighted by molar-refractivity contribution is 4.77. The van der Waals surface area contributed by atoms with E-state index in [0.29, 0.717) is 44.6 Å². The molecule has 0 amide bonds. The van der Waals surface area contributed by atoms with Crippen LogP contribution >= 0.6 is 0 Å². The molecule has 0 radical (unpaired) electrons. The van der Waals surface area contributed by atoms with Gasteiger partial charge in [0.05, 0.1) is 32.5 Å². The van der Waals surface area contributed by atoms with Gasteiger partial charge in [0.1, 0.15) is 0 Å². The monoisotopic (exact) mass is 247 g/mol. The summed E-state index contributed by atoms with van der Waals surface area (Å²) < 4.78 is 15.9. The van der Waals surface area contributed by atoms with Crippen LogP contribution in [0.1, 0.15) is 27.7 Å². The van der Waals surface area contributed by atoms with Gasteiger partial charge in [-0.15, -0.1) is 0 Å². The largest absolute Gasteiger partial charge is 0.383 e. The summed E-state index contributed by atoms with van der Waals surface area (Å²) in [6.45, 7) is 11.5. The number of methoxy groups -OCH3 is 2. The van der Waals surface area contributed by atoms with Crippen molar-refractivity contribution < 1.29 is 14.2 Å². The van der Waals surface area contributed by atoms with Crippen molar-refractivity contribution in [3.05, 3.63) is 0 Å². The fourth-order valence-electron chi connectivity index (χ4n) is 2.21. The van der Waals surface area contributed by atoms with E-state index in [1.165, 1.54) is 0 Å². The normalized spacial score (nSPS) is 13.9. The lowest BCUT2D eigenvalue weighted by molar-refractivity contribution is -0.0189. The second-order valence-corrected chi connectivity index (χ2v) is 4.81. The van der Waals surface area contributed by atoms with E-state index in [-0.39, 0.29) is 0 Å². The minimum absolute atomic E-state index is 0.303. The third kappa shape index (κ3) is 6.99. The van der Waals surface area contributed by atoms with Gasteiger partial charge in [0, 0.05) is 26.3 Å². The molecule has 4 heteroatoms. The Labute approximate surface area is 106 Å². The van der Waals surface area contributed by atoms with E-state index < -0.39 is 0 Å². The quantitative estimate of drug-likeness (QED) is 0.551. The van der Waals surface area contributed by atoms with Gasteiger partial charge >= 0.3 is 0 Å². The van der Waals surface area contributed by atoms with Gasteiger partial charge < -0.3 is 14.2 Å². The maximum Gasteiger partial charge on any atom is 0.0701 e. The molecule has 0 N–H and O–H groups in total. The first kappa shape index (κ1) is 16.8. The van der Waals surface area contributed by atoms with Gasteiger partial charge in [0.2, 0.25) is 0 Å². The predicted molar refractivity (Wildman–Crippen MR) is 70.5 cm³/mol. The highest BCUT2D eigenvalue weighted by Crippen LogP contribution is 2.11. The summed E-state index contributed by atoms with van der Waals surface area (Å²) in [6.07, 6.45) is 0. The van der Waals surface area contributed by atoms with Gasteiger partial charge in [-0.2, -0.15) is 0 Å². The molecule has 0 spiro atoms. The van der Waals surface area contributed by atoms with Crippen LogP contribution in [0.15, 0.2) is 0 Å². The van der Waals surface area contributed by atoms with E-state index in [4.69, 9.17) is 14.2 Å². The third-order valence-electron chi connectivity index (χ3n) is 2.72. The Morgan fingerprint density at radius 3 is 1.82 bits per heavy atom. The Morgan fingerprint density at radius 1 is 0.824 bits per heavy atom. The zero-order chi connectivity index (χ0) is 13.3. The Bertz CT molecular complexity index is 166. The summed E-state index contributed by atoms with van der Waals surface area (Å²) >= 11 is 0. The third-order valence-corrected chi connectivity index (χ3v) is 2.72. The van der Waals surface area contributed by atoms with E-state index in [2.05, 4.69) is 32.6 Å². The van der Waals surface area contributed by atoms with E-state index in [1.807, 2.05) is 0 Å². The Hall–Kier alpha value is -0.160. The van der Waals surface area contributed by atoms with Gasteiger partial charge in [-0.25, -0.2) is 0 Å². The molecule has 0 saturated heterocycles. The van der Waals surface area contributed by atoms with Gasteiger partial charge in [-0.05, 0) is 27.7 Å². The fourth-order valence-corrected chi connectivity index (χ4v) is 2.21. The van der Waals surface area contributed by atoms with Gasteiger partial charge in [-0.1, -0.05) is 0 Å². The zero-order valence-electron chi connectivity index (χ0n) is 12.2. The average Bonchev–Trinajstić information content (AvgIpc) is 2.23. The van der Waals surface area contributed by atoms with Crippen LogP contribution in [0, 0.1) is 0 Å². The molecule has 104 valence electrons. The van der Waals surface area contributed by atoms with Crippen molar-refractivity contribution >= 4 is 0 Å². The topological polar surface area (TPSA) is 30.9 Å². The highest BCUT2D eigenvalue weighted by Gasteiger charge is 2.23. The second-order valence-electron chi connectivity index (χ2n) is 4.81. The Morgan fingerprint density at radius 2 is 1.41 bits per heavy atom. The molecule has 17 heavy (non-hydrogen) atoms. The van der Waals surface area contributed by atoms with E-state index in [9.17, 15) is 0 Å². The molecule has 1 atom stereocenters. The maximum atomic E-state index is 5.62. The smallest absolute Gasteiger partial charge is 0.0701 e. The first-order chi connectivity index (χ1) is 8.04. The first-order valence-corrected chi connectivity index (χ1v) is 6.37. The highest BCUT2D eigenvalue weighted by atomic mass is 16.5. The van der Waals surface area contributed by atoms with Crippen LogP contribution in [0.25, 0.3) is 0 Å². The zero-order valence-corrected chi connectivity index (χ0v) is 12.2. The molecule has 0 aromatic rings. The maximum absolute atomic E-state index is 5.62. The summed E-state index contributed by atoms with van der Waals surface area (Å²) in [5.41, 5.74) is 0. The Kier molecular flexibility index (Phi) is 9.74. The molecule has 0 aromatic carbocycles. The Balaban J connectivity index is 4.25. The lowest BCUT2D eigenvalue weighted by Gasteiger charge is -2.37. The summed E-state index contributed by atoms with van der Waals surface area (Å²) in [7, 11) is 3.42. The molecule has 0 saturated carbocycles. The predicted octanol–water partition coefficient (Wildman–Crippen LogP) is 1.78. The number of ether oxygens (including phenoxy) is 3. The lowest BCUT2D eigenvalue weighted by atomic mass is 10.1. The van der Waals surface area contributed by atoms with Crippen LogP contribution in [-0.4, -0.2) is 63.7 Å². The van der Waals surface area contributed by atoms with Crippen LogP contribution in [-0.2, 0) is 14.2 Å². The number of hydrogen-bond acceptors (Lipinski definition) is 4. The molecular formula is C13H29NO3. The summed E-state index contributed by atoms with van der Waals surface area (Å²) in [5.74, 6) is 0. The summed E-state index contributed by atoms with van der Waals surface area (Å²) in [5, 5.41) is 0. The van der Waals surface area contributed by atoms with Crippen LogP contribution in [0.5, 0.6) is 0 Å². The van der Waals surface area contributed by atoms with Crippen molar-refractivity contribution in [3.63, 3.8) is 0 Å². The minimum atomic E-state index is 0.303. The van der Waals surface area contributed by atoms with Crippen LogP contribution < -0.4 is 0 Å². The molecule has 4 nitrogen and oxygen atoms in total. The van der Waals surface area contributed by atoms with Crippen molar-refractivity contribution in [1.29, 1.82) is 0 Å². The van der Waals surface area contributed by atoms with Gasteiger partial charge in [0.25, 0.3) is 0 Å². The lowest BCUT2D eigenvalue weighted by Crippen LogP contribution is -2.49. The van der Waals surface area contributed by atoms with Crippen LogP contribution in [0.2, 0.25) is 0 Å². The number of hydrogen-bond donors (Lipinski definition) is 0.